The Labute approximate surface area is 151 Å². The van der Waals surface area contributed by atoms with Gasteiger partial charge in [0.25, 0.3) is 0 Å². The molecule has 1 aromatic carbocycles. The maximum Gasteiger partial charge on any atom is 0.238 e. The lowest BCUT2D eigenvalue weighted by molar-refractivity contribution is -0.124. The molecule has 0 heterocycles. The van der Waals surface area contributed by atoms with Crippen LogP contribution in [0.5, 0.6) is 0 Å². The molecule has 0 aliphatic heterocycles. The largest absolute Gasteiger partial charge is 0.352 e. The lowest BCUT2D eigenvalue weighted by atomic mass is 9.86. The number of rotatable bonds is 7. The third kappa shape index (κ3) is 6.16. The Balaban J connectivity index is 1.77. The Morgan fingerprint density at radius 2 is 1.80 bits per heavy atom. The molecule has 0 aromatic heterocycles. The number of benzene rings is 1. The van der Waals surface area contributed by atoms with Crippen molar-refractivity contribution in [3.05, 3.63) is 29.8 Å². The molecule has 1 aliphatic rings. The number of amides is 2. The Kier molecular flexibility index (Phi) is 7.44. The van der Waals surface area contributed by atoms with Crippen LogP contribution in [-0.2, 0) is 16.0 Å². The zero-order chi connectivity index (χ0) is 18.2. The van der Waals surface area contributed by atoms with Gasteiger partial charge in [0, 0.05) is 11.7 Å². The van der Waals surface area contributed by atoms with Crippen LogP contribution in [0.1, 0.15) is 45.1 Å². The first-order chi connectivity index (χ1) is 12.0. The summed E-state index contributed by atoms with van der Waals surface area (Å²) >= 11 is 0. The fourth-order valence-electron chi connectivity index (χ4n) is 3.47. The van der Waals surface area contributed by atoms with E-state index in [0.717, 1.165) is 24.1 Å². The zero-order valence-electron chi connectivity index (χ0n) is 15.7. The van der Waals surface area contributed by atoms with Gasteiger partial charge in [0.15, 0.2) is 0 Å². The van der Waals surface area contributed by atoms with Crippen LogP contribution in [-0.4, -0.2) is 42.9 Å². The molecule has 138 valence electrons. The fraction of sp³-hybridized carbons (Fsp3) is 0.600. The molecular weight excluding hydrogens is 314 g/mol. The second kappa shape index (κ2) is 9.56. The molecule has 0 spiro atoms. The number of anilines is 1. The quantitative estimate of drug-likeness (QED) is 0.799. The number of hydrogen-bond donors (Lipinski definition) is 2. The van der Waals surface area contributed by atoms with Crippen LogP contribution in [0.15, 0.2) is 24.3 Å². The van der Waals surface area contributed by atoms with Crippen molar-refractivity contribution in [2.24, 2.45) is 5.92 Å². The first-order valence-corrected chi connectivity index (χ1v) is 9.35. The van der Waals surface area contributed by atoms with Crippen LogP contribution in [0.25, 0.3) is 0 Å². The van der Waals surface area contributed by atoms with Crippen molar-refractivity contribution in [1.29, 1.82) is 0 Å². The summed E-state index contributed by atoms with van der Waals surface area (Å²) in [5, 5.41) is 6.07. The molecular formula is C20H31N3O2. The summed E-state index contributed by atoms with van der Waals surface area (Å²) in [7, 11) is 1.80. The van der Waals surface area contributed by atoms with Crippen molar-refractivity contribution in [2.75, 3.05) is 25.5 Å². The van der Waals surface area contributed by atoms with Crippen molar-refractivity contribution in [1.82, 2.24) is 10.2 Å². The van der Waals surface area contributed by atoms with E-state index in [1.165, 1.54) is 19.3 Å². The predicted molar refractivity (Wildman–Crippen MR) is 102 cm³/mol. The molecule has 1 aromatic rings. The van der Waals surface area contributed by atoms with E-state index >= 15 is 0 Å². The highest BCUT2D eigenvalue weighted by Gasteiger charge is 2.23. The SMILES string of the molecule is CCc1ccccc1NC(=O)CN(C)CC(=O)N[C@@H]1CCCC[C@H]1C. The average molecular weight is 345 g/mol. The number of carbonyl (C=O) groups is 2. The van der Waals surface area contributed by atoms with Crippen molar-refractivity contribution >= 4 is 17.5 Å². The van der Waals surface area contributed by atoms with Gasteiger partial charge in [-0.05, 0) is 43.9 Å². The van der Waals surface area contributed by atoms with E-state index in [4.69, 9.17) is 0 Å². The second-order valence-electron chi connectivity index (χ2n) is 7.17. The number of nitrogens with zero attached hydrogens (tertiary/aromatic N) is 1. The molecule has 2 N–H and O–H groups in total. The van der Waals surface area contributed by atoms with Crippen molar-refractivity contribution in [3.8, 4) is 0 Å². The molecule has 25 heavy (non-hydrogen) atoms. The summed E-state index contributed by atoms with van der Waals surface area (Å²) in [6.45, 7) is 4.71. The van der Waals surface area contributed by atoms with Gasteiger partial charge in [-0.25, -0.2) is 0 Å². The smallest absolute Gasteiger partial charge is 0.238 e. The van der Waals surface area contributed by atoms with Crippen LogP contribution in [0.2, 0.25) is 0 Å². The van der Waals surface area contributed by atoms with E-state index in [9.17, 15) is 9.59 Å². The van der Waals surface area contributed by atoms with Gasteiger partial charge >= 0.3 is 0 Å². The van der Waals surface area contributed by atoms with Gasteiger partial charge in [0.2, 0.25) is 11.8 Å². The molecule has 0 bridgehead atoms. The first kappa shape index (κ1) is 19.4. The predicted octanol–water partition coefficient (Wildman–Crippen LogP) is 2.81. The van der Waals surface area contributed by atoms with E-state index in [1.807, 2.05) is 24.3 Å². The number of aryl methyl sites for hydroxylation is 1. The molecule has 5 heteroatoms. The monoisotopic (exact) mass is 345 g/mol. The molecule has 0 radical (unpaired) electrons. The molecule has 1 aliphatic carbocycles. The van der Waals surface area contributed by atoms with Crippen LogP contribution >= 0.6 is 0 Å². The highest BCUT2D eigenvalue weighted by Crippen LogP contribution is 2.23. The zero-order valence-corrected chi connectivity index (χ0v) is 15.7. The molecule has 1 saturated carbocycles. The van der Waals surface area contributed by atoms with Gasteiger partial charge in [-0.15, -0.1) is 0 Å². The van der Waals surface area contributed by atoms with E-state index in [-0.39, 0.29) is 30.9 Å². The standard InChI is InChI=1S/C20H31N3O2/c1-4-16-10-6-8-12-18(16)22-20(25)14-23(3)13-19(24)21-17-11-7-5-9-15(17)2/h6,8,10,12,15,17H,4-5,7,9,11,13-14H2,1-3H3,(H,21,24)(H,22,25)/t15-,17-/m1/s1. The maximum absolute atomic E-state index is 12.2. The first-order valence-electron chi connectivity index (χ1n) is 9.35. The molecule has 2 rings (SSSR count). The number of nitrogens with one attached hydrogen (secondary N) is 2. The third-order valence-corrected chi connectivity index (χ3v) is 4.96. The fourth-order valence-corrected chi connectivity index (χ4v) is 3.47. The van der Waals surface area contributed by atoms with E-state index < -0.39 is 0 Å². The Bertz CT molecular complexity index is 588. The third-order valence-electron chi connectivity index (χ3n) is 4.96. The van der Waals surface area contributed by atoms with E-state index in [1.54, 1.807) is 11.9 Å². The minimum Gasteiger partial charge on any atom is -0.352 e. The lowest BCUT2D eigenvalue weighted by Gasteiger charge is -2.30. The maximum atomic E-state index is 12.2. The van der Waals surface area contributed by atoms with E-state index in [2.05, 4.69) is 24.5 Å². The molecule has 0 saturated heterocycles. The topological polar surface area (TPSA) is 61.4 Å². The van der Waals surface area contributed by atoms with Crippen molar-refractivity contribution in [3.63, 3.8) is 0 Å². The van der Waals surface area contributed by atoms with Crippen LogP contribution in [0, 0.1) is 5.92 Å². The second-order valence-corrected chi connectivity index (χ2v) is 7.17. The Hall–Kier alpha value is -1.88. The minimum absolute atomic E-state index is 0.00279. The molecule has 5 nitrogen and oxygen atoms in total. The normalized spacial score (nSPS) is 20.3. The van der Waals surface area contributed by atoms with Crippen LogP contribution < -0.4 is 10.6 Å². The van der Waals surface area contributed by atoms with Gasteiger partial charge in [0.05, 0.1) is 13.1 Å². The molecule has 2 atom stereocenters. The van der Waals surface area contributed by atoms with Crippen molar-refractivity contribution in [2.45, 2.75) is 52.0 Å². The Morgan fingerprint density at radius 1 is 1.12 bits per heavy atom. The number of hydrogen-bond acceptors (Lipinski definition) is 3. The van der Waals surface area contributed by atoms with Gasteiger partial charge in [-0.1, -0.05) is 44.9 Å². The van der Waals surface area contributed by atoms with E-state index in [0.29, 0.717) is 5.92 Å². The summed E-state index contributed by atoms with van der Waals surface area (Å²) in [5.74, 6) is 0.446. The summed E-state index contributed by atoms with van der Waals surface area (Å²) in [6.07, 6.45) is 5.55. The average Bonchev–Trinajstić information content (AvgIpc) is 2.57. The molecule has 2 amide bonds. The van der Waals surface area contributed by atoms with Gasteiger partial charge in [-0.2, -0.15) is 0 Å². The molecule has 0 unspecified atom stereocenters. The molecule has 1 fully saturated rings. The minimum atomic E-state index is -0.0952. The highest BCUT2D eigenvalue weighted by molar-refractivity contribution is 5.93. The Morgan fingerprint density at radius 3 is 2.52 bits per heavy atom. The number of para-hydroxylation sites is 1. The highest BCUT2D eigenvalue weighted by atomic mass is 16.2. The lowest BCUT2D eigenvalue weighted by Crippen LogP contribution is -2.46. The summed E-state index contributed by atoms with van der Waals surface area (Å²) in [5.41, 5.74) is 1.96. The number of likely N-dealkylation sites (N-methyl/N-ethyl adjacent to an activating group) is 1. The summed E-state index contributed by atoms with van der Waals surface area (Å²) < 4.78 is 0. The van der Waals surface area contributed by atoms with Gasteiger partial charge in [0.1, 0.15) is 0 Å². The summed E-state index contributed by atoms with van der Waals surface area (Å²) in [4.78, 5) is 26.2. The van der Waals surface area contributed by atoms with Crippen LogP contribution in [0.4, 0.5) is 5.69 Å². The number of carbonyl (C=O) groups excluding carboxylic acids is 2. The van der Waals surface area contributed by atoms with Crippen LogP contribution in [0.3, 0.4) is 0 Å². The van der Waals surface area contributed by atoms with Crippen molar-refractivity contribution < 1.29 is 9.59 Å². The van der Waals surface area contributed by atoms with Gasteiger partial charge < -0.3 is 10.6 Å². The van der Waals surface area contributed by atoms with Gasteiger partial charge in [-0.3, -0.25) is 14.5 Å². The summed E-state index contributed by atoms with van der Waals surface area (Å²) in [6, 6.07) is 8.08.